The van der Waals surface area contributed by atoms with Gasteiger partial charge in [-0.1, -0.05) is 25.1 Å². The molecule has 0 amide bonds. The van der Waals surface area contributed by atoms with Crippen LogP contribution in [-0.4, -0.2) is 31.1 Å². The zero-order chi connectivity index (χ0) is 13.1. The van der Waals surface area contributed by atoms with Gasteiger partial charge in [0.15, 0.2) is 0 Å². The molecule has 1 aliphatic heterocycles. The van der Waals surface area contributed by atoms with Gasteiger partial charge in [-0.05, 0) is 38.0 Å². The number of hydrogen-bond donors (Lipinski definition) is 1. The lowest BCUT2D eigenvalue weighted by Crippen LogP contribution is -2.26. The van der Waals surface area contributed by atoms with Crippen molar-refractivity contribution in [2.75, 3.05) is 26.2 Å². The molecule has 0 radical (unpaired) electrons. The summed E-state index contributed by atoms with van der Waals surface area (Å²) >= 11 is 0. The second kappa shape index (κ2) is 5.76. The number of nitrogens with one attached hydrogen (secondary N) is 1. The van der Waals surface area contributed by atoms with Crippen LogP contribution in [0.5, 0.6) is 0 Å². The van der Waals surface area contributed by atoms with Gasteiger partial charge in [0.25, 0.3) is 0 Å². The zero-order valence-corrected chi connectivity index (χ0v) is 11.6. The maximum atomic E-state index is 5.56. The molecule has 1 aliphatic rings. The molecule has 0 saturated carbocycles. The topological polar surface area (TPSA) is 28.4 Å². The van der Waals surface area contributed by atoms with Gasteiger partial charge in [0, 0.05) is 24.0 Å². The maximum absolute atomic E-state index is 5.56. The average molecular weight is 258 g/mol. The lowest BCUT2D eigenvalue weighted by atomic mass is 10.1. The number of furan rings is 1. The van der Waals surface area contributed by atoms with Gasteiger partial charge in [0.1, 0.15) is 5.58 Å². The predicted molar refractivity (Wildman–Crippen MR) is 78.1 cm³/mol. The minimum absolute atomic E-state index is 0.804. The largest absolute Gasteiger partial charge is 0.464 e. The van der Waals surface area contributed by atoms with E-state index >= 15 is 0 Å². The number of likely N-dealkylation sites (tertiary alicyclic amines) is 1. The summed E-state index contributed by atoms with van der Waals surface area (Å²) in [6, 6.07) is 8.23. The molecule has 2 heterocycles. The molecule has 102 valence electrons. The Bertz CT molecular complexity index is 534. The third-order valence-corrected chi connectivity index (χ3v) is 4.13. The molecule has 3 heteroatoms. The van der Waals surface area contributed by atoms with E-state index in [0.717, 1.165) is 24.6 Å². The van der Waals surface area contributed by atoms with Crippen molar-refractivity contribution in [3.05, 3.63) is 36.1 Å². The molecule has 1 aromatic heterocycles. The van der Waals surface area contributed by atoms with Gasteiger partial charge < -0.3 is 14.6 Å². The van der Waals surface area contributed by atoms with E-state index in [1.54, 1.807) is 0 Å². The second-order valence-corrected chi connectivity index (χ2v) is 5.44. The van der Waals surface area contributed by atoms with Crippen LogP contribution in [0.3, 0.4) is 0 Å². The molecule has 0 bridgehead atoms. The van der Waals surface area contributed by atoms with Crippen molar-refractivity contribution in [3.8, 4) is 0 Å². The Morgan fingerprint density at radius 1 is 1.37 bits per heavy atom. The molecule has 1 atom stereocenters. The van der Waals surface area contributed by atoms with E-state index in [2.05, 4.69) is 29.3 Å². The van der Waals surface area contributed by atoms with Crippen molar-refractivity contribution in [1.29, 1.82) is 0 Å². The van der Waals surface area contributed by atoms with Crippen LogP contribution in [0.15, 0.2) is 34.9 Å². The highest BCUT2D eigenvalue weighted by Gasteiger charge is 2.20. The molecule has 1 aromatic carbocycles. The van der Waals surface area contributed by atoms with E-state index in [0.29, 0.717) is 0 Å². The highest BCUT2D eigenvalue weighted by atomic mass is 16.3. The van der Waals surface area contributed by atoms with Crippen LogP contribution in [-0.2, 0) is 6.54 Å². The van der Waals surface area contributed by atoms with Crippen LogP contribution in [0.1, 0.15) is 18.9 Å². The van der Waals surface area contributed by atoms with Crippen molar-refractivity contribution in [3.63, 3.8) is 0 Å². The second-order valence-electron chi connectivity index (χ2n) is 5.44. The van der Waals surface area contributed by atoms with Crippen LogP contribution in [0.4, 0.5) is 0 Å². The third kappa shape index (κ3) is 2.82. The van der Waals surface area contributed by atoms with Crippen molar-refractivity contribution < 1.29 is 4.42 Å². The SMILES string of the molecule is CCN1CCC(CNCc2coc3ccccc23)C1. The number of fused-ring (bicyclic) bond motifs is 1. The maximum Gasteiger partial charge on any atom is 0.134 e. The van der Waals surface area contributed by atoms with Crippen LogP contribution >= 0.6 is 0 Å². The molecule has 3 nitrogen and oxygen atoms in total. The minimum Gasteiger partial charge on any atom is -0.464 e. The van der Waals surface area contributed by atoms with E-state index in [4.69, 9.17) is 4.42 Å². The van der Waals surface area contributed by atoms with E-state index < -0.39 is 0 Å². The minimum atomic E-state index is 0.804. The van der Waals surface area contributed by atoms with Gasteiger partial charge in [0.05, 0.1) is 6.26 Å². The molecular weight excluding hydrogens is 236 g/mol. The van der Waals surface area contributed by atoms with Gasteiger partial charge in [-0.25, -0.2) is 0 Å². The van der Waals surface area contributed by atoms with Crippen LogP contribution in [0.25, 0.3) is 11.0 Å². The number of hydrogen-bond acceptors (Lipinski definition) is 3. The van der Waals surface area contributed by atoms with Gasteiger partial charge >= 0.3 is 0 Å². The number of rotatable bonds is 5. The summed E-state index contributed by atoms with van der Waals surface area (Å²) in [4.78, 5) is 2.53. The van der Waals surface area contributed by atoms with Crippen molar-refractivity contribution in [2.45, 2.75) is 19.9 Å². The molecule has 1 saturated heterocycles. The molecular formula is C16H22N2O. The average Bonchev–Trinajstić information content (AvgIpc) is 3.06. The standard InChI is InChI=1S/C16H22N2O/c1-2-18-8-7-13(11-18)9-17-10-14-12-19-16-6-4-3-5-15(14)16/h3-6,12-13,17H,2,7-11H2,1H3. The monoisotopic (exact) mass is 258 g/mol. The number of nitrogens with zero attached hydrogens (tertiary/aromatic N) is 1. The first kappa shape index (κ1) is 12.7. The van der Waals surface area contributed by atoms with Crippen LogP contribution in [0.2, 0.25) is 0 Å². The number of para-hydroxylation sites is 1. The Balaban J connectivity index is 1.53. The number of benzene rings is 1. The normalized spacial score (nSPS) is 20.4. The van der Waals surface area contributed by atoms with E-state index in [1.165, 1.54) is 37.0 Å². The summed E-state index contributed by atoms with van der Waals surface area (Å²) in [5, 5.41) is 4.81. The highest BCUT2D eigenvalue weighted by molar-refractivity contribution is 5.80. The highest BCUT2D eigenvalue weighted by Crippen LogP contribution is 2.20. The summed E-state index contributed by atoms with van der Waals surface area (Å²) in [5.74, 6) is 0.804. The summed E-state index contributed by atoms with van der Waals surface area (Å²) in [6.07, 6.45) is 3.21. The van der Waals surface area contributed by atoms with Gasteiger partial charge in [-0.15, -0.1) is 0 Å². The predicted octanol–water partition coefficient (Wildman–Crippen LogP) is 2.86. The van der Waals surface area contributed by atoms with Crippen LogP contribution < -0.4 is 5.32 Å². The van der Waals surface area contributed by atoms with E-state index in [-0.39, 0.29) is 0 Å². The Kier molecular flexibility index (Phi) is 3.85. The summed E-state index contributed by atoms with van der Waals surface area (Å²) in [7, 11) is 0. The summed E-state index contributed by atoms with van der Waals surface area (Å²) in [6.45, 7) is 7.94. The summed E-state index contributed by atoms with van der Waals surface area (Å²) in [5.41, 5.74) is 2.25. The Labute approximate surface area is 114 Å². The first-order valence-electron chi connectivity index (χ1n) is 7.25. The van der Waals surface area contributed by atoms with Crippen LogP contribution in [0, 0.1) is 5.92 Å². The summed E-state index contributed by atoms with van der Waals surface area (Å²) < 4.78 is 5.56. The molecule has 0 aliphatic carbocycles. The molecule has 1 fully saturated rings. The first-order valence-corrected chi connectivity index (χ1v) is 7.25. The Morgan fingerprint density at radius 3 is 3.11 bits per heavy atom. The van der Waals surface area contributed by atoms with Crippen molar-refractivity contribution in [2.24, 2.45) is 5.92 Å². The fourth-order valence-electron chi connectivity index (χ4n) is 2.95. The van der Waals surface area contributed by atoms with E-state index in [9.17, 15) is 0 Å². The fourth-order valence-corrected chi connectivity index (χ4v) is 2.95. The molecule has 1 unspecified atom stereocenters. The Hall–Kier alpha value is -1.32. The van der Waals surface area contributed by atoms with Gasteiger partial charge in [-0.3, -0.25) is 0 Å². The quantitative estimate of drug-likeness (QED) is 0.894. The molecule has 2 aromatic rings. The van der Waals surface area contributed by atoms with Crippen molar-refractivity contribution >= 4 is 11.0 Å². The first-order chi connectivity index (χ1) is 9.36. The smallest absolute Gasteiger partial charge is 0.134 e. The lowest BCUT2D eigenvalue weighted by Gasteiger charge is -2.13. The lowest BCUT2D eigenvalue weighted by molar-refractivity contribution is 0.339. The molecule has 0 spiro atoms. The molecule has 3 rings (SSSR count). The molecule has 19 heavy (non-hydrogen) atoms. The fraction of sp³-hybridized carbons (Fsp3) is 0.500. The van der Waals surface area contributed by atoms with E-state index in [1.807, 2.05) is 18.4 Å². The Morgan fingerprint density at radius 2 is 2.26 bits per heavy atom. The zero-order valence-electron chi connectivity index (χ0n) is 11.6. The van der Waals surface area contributed by atoms with Gasteiger partial charge in [-0.2, -0.15) is 0 Å². The van der Waals surface area contributed by atoms with Crippen molar-refractivity contribution in [1.82, 2.24) is 10.2 Å². The third-order valence-electron chi connectivity index (χ3n) is 4.13. The van der Waals surface area contributed by atoms with Gasteiger partial charge in [0.2, 0.25) is 0 Å². The molecule has 1 N–H and O–H groups in total.